The molecule has 0 unspecified atom stereocenters. The van der Waals surface area contributed by atoms with E-state index in [4.69, 9.17) is 4.98 Å². The highest BCUT2D eigenvalue weighted by molar-refractivity contribution is 5.97. The topological polar surface area (TPSA) is 37.6 Å². The predicted octanol–water partition coefficient (Wildman–Crippen LogP) is 6.49. The Kier molecular flexibility index (Phi) is 5.57. The van der Waals surface area contributed by atoms with Gasteiger partial charge in [-0.2, -0.15) is 0 Å². The Morgan fingerprint density at radius 3 is 2.10 bits per heavy atom. The lowest BCUT2D eigenvalue weighted by Gasteiger charge is -2.42. The zero-order valence-electron chi connectivity index (χ0n) is 19.9. The van der Waals surface area contributed by atoms with Gasteiger partial charge in [0, 0.05) is 23.7 Å². The molecule has 0 bridgehead atoms. The summed E-state index contributed by atoms with van der Waals surface area (Å²) in [5.41, 5.74) is 5.88. The minimum atomic E-state index is -0.378. The van der Waals surface area contributed by atoms with Gasteiger partial charge in [0.15, 0.2) is 0 Å². The van der Waals surface area contributed by atoms with Crippen LogP contribution in [0.3, 0.4) is 0 Å². The number of benzene rings is 1. The van der Waals surface area contributed by atoms with E-state index in [1.54, 1.807) is 6.92 Å². The molecule has 30 heavy (non-hydrogen) atoms. The maximum Gasteiger partial charge on any atom is 0.225 e. The smallest absolute Gasteiger partial charge is 0.225 e. The molecule has 2 heterocycles. The Morgan fingerprint density at radius 2 is 1.57 bits per heavy atom. The van der Waals surface area contributed by atoms with E-state index >= 15 is 0 Å². The summed E-state index contributed by atoms with van der Waals surface area (Å²) in [6, 6.07) is 12.6. The normalized spacial score (nSPS) is 12.4. The molecule has 1 amide bonds. The highest BCUT2D eigenvalue weighted by Crippen LogP contribution is 2.40. The zero-order chi connectivity index (χ0) is 22.4. The third-order valence-electron chi connectivity index (χ3n) is 5.45. The molecular formula is C26H35N3O. The molecule has 4 nitrogen and oxygen atoms in total. The second kappa shape index (κ2) is 7.57. The first kappa shape index (κ1) is 22.1. The van der Waals surface area contributed by atoms with Gasteiger partial charge >= 0.3 is 0 Å². The van der Waals surface area contributed by atoms with Crippen LogP contribution in [0.1, 0.15) is 64.8 Å². The number of aryl methyl sites for hydroxylation is 3. The number of hydrogen-bond acceptors (Lipinski definition) is 2. The van der Waals surface area contributed by atoms with Gasteiger partial charge < -0.3 is 0 Å². The van der Waals surface area contributed by atoms with E-state index in [0.29, 0.717) is 0 Å². The monoisotopic (exact) mass is 405 g/mol. The lowest BCUT2D eigenvalue weighted by atomic mass is 9.80. The van der Waals surface area contributed by atoms with E-state index in [2.05, 4.69) is 96.2 Å². The maximum atomic E-state index is 13.1. The molecule has 160 valence electrons. The summed E-state index contributed by atoms with van der Waals surface area (Å²) in [5, 5.41) is 0. The predicted molar refractivity (Wildman–Crippen MR) is 126 cm³/mol. The van der Waals surface area contributed by atoms with Crippen molar-refractivity contribution in [2.24, 2.45) is 5.41 Å². The Morgan fingerprint density at radius 1 is 0.967 bits per heavy atom. The average Bonchev–Trinajstić information content (AvgIpc) is 2.91. The number of anilines is 1. The van der Waals surface area contributed by atoms with Crippen LogP contribution < -0.4 is 4.90 Å². The van der Waals surface area contributed by atoms with Gasteiger partial charge in [0.2, 0.25) is 5.91 Å². The Bertz CT molecular complexity index is 1080. The number of rotatable bonds is 4. The third kappa shape index (κ3) is 4.28. The molecule has 2 aromatic heterocycles. The van der Waals surface area contributed by atoms with E-state index < -0.39 is 0 Å². The molecule has 0 atom stereocenters. The fourth-order valence-corrected chi connectivity index (χ4v) is 4.86. The van der Waals surface area contributed by atoms with E-state index in [1.165, 1.54) is 5.56 Å². The molecule has 0 saturated heterocycles. The van der Waals surface area contributed by atoms with Crippen LogP contribution in [0, 0.1) is 26.2 Å². The van der Waals surface area contributed by atoms with Gasteiger partial charge in [-0.1, -0.05) is 50.6 Å². The summed E-state index contributed by atoms with van der Waals surface area (Å²) in [5.74, 6) is 0.882. The molecule has 0 aliphatic heterocycles. The number of amides is 1. The van der Waals surface area contributed by atoms with Crippen molar-refractivity contribution in [1.29, 1.82) is 0 Å². The van der Waals surface area contributed by atoms with Crippen molar-refractivity contribution in [2.75, 3.05) is 4.90 Å². The quantitative estimate of drug-likeness (QED) is 0.497. The van der Waals surface area contributed by atoms with Crippen LogP contribution >= 0.6 is 0 Å². The van der Waals surface area contributed by atoms with Crippen molar-refractivity contribution < 1.29 is 4.79 Å². The lowest BCUT2D eigenvalue weighted by molar-refractivity contribution is -0.117. The van der Waals surface area contributed by atoms with Gasteiger partial charge in [0.05, 0.1) is 0 Å². The van der Waals surface area contributed by atoms with Crippen LogP contribution in [-0.2, 0) is 4.79 Å². The van der Waals surface area contributed by atoms with Crippen molar-refractivity contribution >= 4 is 17.4 Å². The SMILES string of the molecule is CC(=O)N(c1c(-c2ccc(C)cc2)nc2cc(C)cc(C)n12)C(C)(C)CC(C)(C)C. The Labute approximate surface area is 180 Å². The summed E-state index contributed by atoms with van der Waals surface area (Å²) < 4.78 is 2.13. The number of fused-ring (bicyclic) bond motifs is 1. The van der Waals surface area contributed by atoms with Crippen LogP contribution in [0.4, 0.5) is 5.82 Å². The highest BCUT2D eigenvalue weighted by Gasteiger charge is 2.38. The lowest BCUT2D eigenvalue weighted by Crippen LogP contribution is -2.50. The first-order valence-corrected chi connectivity index (χ1v) is 10.7. The molecule has 1 aromatic carbocycles. The zero-order valence-corrected chi connectivity index (χ0v) is 19.9. The fourth-order valence-electron chi connectivity index (χ4n) is 4.86. The van der Waals surface area contributed by atoms with E-state index in [0.717, 1.165) is 40.4 Å². The van der Waals surface area contributed by atoms with Gasteiger partial charge in [0.25, 0.3) is 0 Å². The second-order valence-electron chi connectivity index (χ2n) is 10.4. The molecule has 0 aliphatic rings. The number of aromatic nitrogens is 2. The largest absolute Gasteiger partial charge is 0.291 e. The first-order valence-electron chi connectivity index (χ1n) is 10.7. The van der Waals surface area contributed by atoms with Crippen molar-refractivity contribution in [3.05, 3.63) is 53.2 Å². The van der Waals surface area contributed by atoms with Crippen molar-refractivity contribution in [3.63, 3.8) is 0 Å². The minimum absolute atomic E-state index is 0.0272. The van der Waals surface area contributed by atoms with Gasteiger partial charge in [-0.25, -0.2) is 4.98 Å². The summed E-state index contributed by atoms with van der Waals surface area (Å²) in [4.78, 5) is 20.1. The standard InChI is InChI=1S/C26H35N3O/c1-17-10-12-21(13-11-17)23-24(28-19(3)14-18(2)15-22(28)27-23)29(20(4)30)26(8,9)16-25(5,6)7/h10-15H,16H2,1-9H3. The first-order chi connectivity index (χ1) is 13.8. The van der Waals surface area contributed by atoms with Crippen LogP contribution in [0.2, 0.25) is 0 Å². The molecular weight excluding hydrogens is 370 g/mol. The number of pyridine rings is 1. The fraction of sp³-hybridized carbons (Fsp3) is 0.462. The van der Waals surface area contributed by atoms with E-state index in [1.807, 2.05) is 4.90 Å². The number of carbonyl (C=O) groups is 1. The van der Waals surface area contributed by atoms with Crippen molar-refractivity contribution in [2.45, 2.75) is 74.3 Å². The number of carbonyl (C=O) groups excluding carboxylic acids is 1. The van der Waals surface area contributed by atoms with Crippen LogP contribution in [0.25, 0.3) is 16.9 Å². The van der Waals surface area contributed by atoms with Crippen molar-refractivity contribution in [3.8, 4) is 11.3 Å². The van der Waals surface area contributed by atoms with Crippen LogP contribution in [0.5, 0.6) is 0 Å². The highest BCUT2D eigenvalue weighted by atomic mass is 16.2. The summed E-state index contributed by atoms with van der Waals surface area (Å²) in [7, 11) is 0. The van der Waals surface area contributed by atoms with Crippen molar-refractivity contribution in [1.82, 2.24) is 9.38 Å². The Hall–Kier alpha value is -2.62. The van der Waals surface area contributed by atoms with Gasteiger partial charge in [0.1, 0.15) is 17.2 Å². The van der Waals surface area contributed by atoms with Crippen LogP contribution in [-0.4, -0.2) is 20.8 Å². The maximum absolute atomic E-state index is 13.1. The van der Waals surface area contributed by atoms with Gasteiger partial charge in [-0.05, 0) is 64.2 Å². The second-order valence-corrected chi connectivity index (χ2v) is 10.4. The summed E-state index contributed by atoms with van der Waals surface area (Å²) in [6.07, 6.45) is 0.866. The van der Waals surface area contributed by atoms with E-state index in [-0.39, 0.29) is 16.9 Å². The van der Waals surface area contributed by atoms with Gasteiger partial charge in [-0.3, -0.25) is 14.1 Å². The molecule has 3 aromatic rings. The van der Waals surface area contributed by atoms with E-state index in [9.17, 15) is 4.79 Å². The molecule has 3 rings (SSSR count). The number of imidazole rings is 1. The molecule has 0 saturated carbocycles. The minimum Gasteiger partial charge on any atom is -0.291 e. The molecule has 0 fully saturated rings. The average molecular weight is 406 g/mol. The van der Waals surface area contributed by atoms with Gasteiger partial charge in [-0.15, -0.1) is 0 Å². The summed E-state index contributed by atoms with van der Waals surface area (Å²) >= 11 is 0. The molecule has 0 spiro atoms. The number of hydrogen-bond donors (Lipinski definition) is 0. The van der Waals surface area contributed by atoms with Crippen LogP contribution in [0.15, 0.2) is 36.4 Å². The summed E-state index contributed by atoms with van der Waals surface area (Å²) in [6.45, 7) is 18.9. The Balaban J connectivity index is 2.37. The molecule has 0 aliphatic carbocycles. The number of nitrogens with zero attached hydrogens (tertiary/aromatic N) is 3. The molecule has 4 heteroatoms. The molecule has 0 radical (unpaired) electrons. The third-order valence-corrected chi connectivity index (χ3v) is 5.45. The molecule has 0 N–H and O–H groups in total.